The third-order valence-corrected chi connectivity index (χ3v) is 0. The summed E-state index contributed by atoms with van der Waals surface area (Å²) in [6.45, 7) is 0. The van der Waals surface area contributed by atoms with Gasteiger partial charge in [-0.2, -0.15) is 0 Å². The summed E-state index contributed by atoms with van der Waals surface area (Å²) in [7, 11) is 0. The third kappa shape index (κ3) is 4690. The van der Waals surface area contributed by atoms with Crippen LogP contribution in [0.5, 0.6) is 0 Å². The molecule has 0 heterocycles. The zero-order valence-electron chi connectivity index (χ0n) is 12.0. The molecule has 0 aliphatic rings. The highest BCUT2D eigenvalue weighted by Gasteiger charge is 1.76. The van der Waals surface area contributed by atoms with Crippen molar-refractivity contribution in [3.8, 4) is 0 Å². The van der Waals surface area contributed by atoms with E-state index in [1.807, 2.05) is 0 Å². The molecule has 0 spiro atoms. The Morgan fingerprint density at radius 1 is 0.321 bits per heavy atom. The topological polar surface area (TPSA) is 224 Å². The Labute approximate surface area is 190 Å². The number of rotatable bonds is 0. The molecule has 0 aliphatic heterocycles. The molecule has 6 N–H and O–H groups in total. The summed E-state index contributed by atoms with van der Waals surface area (Å²) in [5.74, 6) is 0. The van der Waals surface area contributed by atoms with Crippen molar-refractivity contribution >= 4 is 105 Å². The van der Waals surface area contributed by atoms with Crippen LogP contribution in [-0.2, 0) is 0 Å². The first-order valence-electron chi connectivity index (χ1n) is 3.70. The highest BCUT2D eigenvalue weighted by molar-refractivity contribution is 8.93. The van der Waals surface area contributed by atoms with E-state index in [9.17, 15) is 26.3 Å². The zero-order chi connectivity index (χ0) is 21.5. The Balaban J connectivity index is -0.0000000169. The molecular formula is C6H10Br4F6O12. The second kappa shape index (κ2) is 56.2. The van der Waals surface area contributed by atoms with Crippen molar-refractivity contribution in [1.82, 2.24) is 0 Å². The van der Waals surface area contributed by atoms with Gasteiger partial charge >= 0.3 is 37.3 Å². The summed E-state index contributed by atoms with van der Waals surface area (Å²) in [5.41, 5.74) is 0. The van der Waals surface area contributed by atoms with Gasteiger partial charge in [0, 0.05) is 0 Å². The number of hydrogen-bond donors (Lipinski definition) is 6. The highest BCUT2D eigenvalue weighted by atomic mass is 79.9. The highest BCUT2D eigenvalue weighted by Crippen LogP contribution is 1.60. The largest absolute Gasteiger partial charge is 0.492 e. The van der Waals surface area contributed by atoms with Gasteiger partial charge in [-0.3, -0.25) is 0 Å². The molecule has 0 bridgehead atoms. The molecule has 0 atom stereocenters. The molecule has 12 nitrogen and oxygen atoms in total. The van der Waals surface area contributed by atoms with Crippen LogP contribution in [0.1, 0.15) is 0 Å². The molecule has 176 valence electrons. The van der Waals surface area contributed by atoms with Crippen LogP contribution < -0.4 is 0 Å². The molecule has 0 aliphatic carbocycles. The minimum Gasteiger partial charge on any atom is -0.456 e. The second-order valence-corrected chi connectivity index (χ2v) is 1.52. The average Bonchev–Trinajstić information content (AvgIpc) is 2.08. The Hall–Kier alpha value is -1.68. The van der Waals surface area contributed by atoms with E-state index in [2.05, 4.69) is 0 Å². The lowest BCUT2D eigenvalue weighted by molar-refractivity contribution is 0.167. The summed E-state index contributed by atoms with van der Waals surface area (Å²) >= 11 is 0. The van der Waals surface area contributed by atoms with Crippen LogP contribution in [0.4, 0.5) is 55.1 Å². The molecule has 0 saturated carbocycles. The maximum absolute atomic E-state index is 9.92. The summed E-state index contributed by atoms with van der Waals surface area (Å²) < 4.78 is 59.5. The van der Waals surface area contributed by atoms with E-state index in [1.54, 1.807) is 0 Å². The van der Waals surface area contributed by atoms with Crippen LogP contribution in [0, 0.1) is 0 Å². The van der Waals surface area contributed by atoms with E-state index in [0.717, 1.165) is 0 Å². The van der Waals surface area contributed by atoms with Crippen LogP contribution in [-0.4, -0.2) is 68.0 Å². The fourth-order valence-corrected chi connectivity index (χ4v) is 0. The van der Waals surface area contributed by atoms with E-state index in [-0.39, 0.29) is 67.9 Å². The molecule has 0 amide bonds. The summed E-state index contributed by atoms with van der Waals surface area (Å²) in [6, 6.07) is 0. The molecule has 0 radical (unpaired) electrons. The molecule has 0 aromatic heterocycles. The lowest BCUT2D eigenvalue weighted by Gasteiger charge is -1.53. The molecule has 0 saturated heterocycles. The van der Waals surface area contributed by atoms with Gasteiger partial charge in [-0.05, 0) is 0 Å². The number of carboxylic acid groups (broad SMARTS) is 6. The van der Waals surface area contributed by atoms with Gasteiger partial charge in [0.05, 0.1) is 0 Å². The lowest BCUT2D eigenvalue weighted by atomic mass is 11.5. The maximum atomic E-state index is 9.92. The summed E-state index contributed by atoms with van der Waals surface area (Å²) in [5, 5.41) is 40.5. The quantitative estimate of drug-likeness (QED) is 0.124. The van der Waals surface area contributed by atoms with Crippen molar-refractivity contribution in [1.29, 1.82) is 0 Å². The molecule has 0 aromatic carbocycles. The number of halogens is 10. The first-order chi connectivity index (χ1) is 10.4. The molecule has 22 heteroatoms. The predicted octanol–water partition coefficient (Wildman–Crippen LogP) is 6.12. The van der Waals surface area contributed by atoms with Crippen molar-refractivity contribution in [2.45, 2.75) is 0 Å². The Morgan fingerprint density at radius 2 is 0.321 bits per heavy atom. The molecule has 0 unspecified atom stereocenters. The summed E-state index contributed by atoms with van der Waals surface area (Å²) in [6.07, 6.45) is -14.0. The zero-order valence-corrected chi connectivity index (χ0v) is 18.9. The third-order valence-electron chi connectivity index (χ3n) is 0. The number of carbonyl (C=O) groups is 6. The van der Waals surface area contributed by atoms with Gasteiger partial charge in [-0.25, -0.2) is 28.8 Å². The van der Waals surface area contributed by atoms with Crippen molar-refractivity contribution in [3.05, 3.63) is 0 Å². The van der Waals surface area contributed by atoms with Gasteiger partial charge in [-0.15, -0.1) is 94.3 Å². The van der Waals surface area contributed by atoms with Crippen molar-refractivity contribution in [3.63, 3.8) is 0 Å². The van der Waals surface area contributed by atoms with Gasteiger partial charge in [0.2, 0.25) is 0 Å². The lowest BCUT2D eigenvalue weighted by Crippen LogP contribution is -1.69. The Bertz CT molecular complexity index is 284. The molecule has 28 heavy (non-hydrogen) atoms. The second-order valence-electron chi connectivity index (χ2n) is 1.52. The van der Waals surface area contributed by atoms with E-state index in [1.165, 1.54) is 0 Å². The van der Waals surface area contributed by atoms with Gasteiger partial charge < -0.3 is 30.6 Å². The Kier molecular flexibility index (Phi) is 127. The van der Waals surface area contributed by atoms with Crippen molar-refractivity contribution in [2.75, 3.05) is 0 Å². The standard InChI is InChI=1S/6CHFO2.4BrH/c6*2-1(3)4;;;;/h6*(H,3,4);4*1H. The molecule has 0 fully saturated rings. The van der Waals surface area contributed by atoms with Crippen LogP contribution in [0.25, 0.3) is 0 Å². The van der Waals surface area contributed by atoms with Crippen LogP contribution in [0.2, 0.25) is 0 Å². The number of hydrogen-bond acceptors (Lipinski definition) is 6. The summed E-state index contributed by atoms with van der Waals surface area (Å²) in [4.78, 5) is 50.0. The Morgan fingerprint density at radius 3 is 0.321 bits per heavy atom. The maximum Gasteiger partial charge on any atom is 0.492 e. The van der Waals surface area contributed by atoms with E-state index >= 15 is 0 Å². The minimum absolute atomic E-state index is 0. The van der Waals surface area contributed by atoms with Gasteiger partial charge in [0.15, 0.2) is 0 Å². The van der Waals surface area contributed by atoms with Gasteiger partial charge in [-0.1, -0.05) is 0 Å². The molecule has 0 rings (SSSR count). The minimum atomic E-state index is -2.33. The first-order valence-corrected chi connectivity index (χ1v) is 3.70. The average molecular weight is 708 g/mol. The predicted molar refractivity (Wildman–Crippen MR) is 96.1 cm³/mol. The first kappa shape index (κ1) is 63.4. The van der Waals surface area contributed by atoms with E-state index in [0.29, 0.717) is 0 Å². The van der Waals surface area contributed by atoms with Crippen molar-refractivity contribution in [2.24, 2.45) is 0 Å². The van der Waals surface area contributed by atoms with Crippen molar-refractivity contribution < 1.29 is 85.7 Å². The van der Waals surface area contributed by atoms with Gasteiger partial charge in [0.25, 0.3) is 0 Å². The molecule has 0 aromatic rings. The smallest absolute Gasteiger partial charge is 0.456 e. The van der Waals surface area contributed by atoms with Crippen LogP contribution >= 0.6 is 67.9 Å². The van der Waals surface area contributed by atoms with E-state index < -0.39 is 37.3 Å². The van der Waals surface area contributed by atoms with E-state index in [4.69, 9.17) is 59.4 Å². The SMILES string of the molecule is Br.Br.Br.Br.O=C(O)F.O=C(O)F.O=C(O)F.O=C(O)F.O=C(O)F.O=C(O)F. The monoisotopic (exact) mass is 704 g/mol. The van der Waals surface area contributed by atoms with Gasteiger partial charge in [0.1, 0.15) is 0 Å². The molecular weight excluding hydrogens is 698 g/mol. The fourth-order valence-electron chi connectivity index (χ4n) is 0. The van der Waals surface area contributed by atoms with Crippen LogP contribution in [0.3, 0.4) is 0 Å². The normalized spacial score (nSPS) is 5.36. The van der Waals surface area contributed by atoms with Crippen LogP contribution in [0.15, 0.2) is 0 Å². The fraction of sp³-hybridized carbons (Fsp3) is 0.